The lowest BCUT2D eigenvalue weighted by Crippen LogP contribution is -2.09. The van der Waals surface area contributed by atoms with Gasteiger partial charge in [0.25, 0.3) is 0 Å². The Labute approximate surface area is 120 Å². The maximum Gasteiger partial charge on any atom is 0.0871 e. The summed E-state index contributed by atoms with van der Waals surface area (Å²) in [6.07, 6.45) is 1.13. The van der Waals surface area contributed by atoms with Crippen molar-refractivity contribution in [1.29, 1.82) is 0 Å². The number of halogens is 2. The molecule has 0 fully saturated rings. The topological polar surface area (TPSA) is 33.1 Å². The average Bonchev–Trinajstić information content (AvgIpc) is 2.41. The van der Waals surface area contributed by atoms with Crippen LogP contribution in [-0.2, 0) is 0 Å². The zero-order valence-corrected chi connectivity index (χ0v) is 12.2. The second kappa shape index (κ2) is 5.83. The Balaban J connectivity index is 2.25. The lowest BCUT2D eigenvalue weighted by atomic mass is 9.94. The van der Waals surface area contributed by atoms with E-state index < -0.39 is 6.10 Å². The molecule has 1 N–H and O–H groups in total. The third kappa shape index (κ3) is 2.91. The van der Waals surface area contributed by atoms with Gasteiger partial charge in [-0.15, -0.1) is 0 Å². The molecule has 2 unspecified atom stereocenters. The highest BCUT2D eigenvalue weighted by atomic mass is 79.9. The lowest BCUT2D eigenvalue weighted by Gasteiger charge is -2.19. The summed E-state index contributed by atoms with van der Waals surface area (Å²) in [5, 5.41) is 11.0. The molecule has 1 aromatic carbocycles. The zero-order chi connectivity index (χ0) is 13.1. The maximum absolute atomic E-state index is 10.4. The monoisotopic (exact) mass is 325 g/mol. The standard InChI is InChI=1S/C14H13BrClNO/c1-9(13-4-2-3-7-17-13)14(18)10-5-6-12(16)11(15)8-10/h2-9,14,18H,1H3. The molecule has 2 rings (SSSR count). The van der Waals surface area contributed by atoms with Crippen molar-refractivity contribution in [2.45, 2.75) is 18.9 Å². The second-order valence-corrected chi connectivity index (χ2v) is 5.42. The van der Waals surface area contributed by atoms with Crippen LogP contribution in [-0.4, -0.2) is 10.1 Å². The number of nitrogens with zero attached hydrogens (tertiary/aromatic N) is 1. The zero-order valence-electron chi connectivity index (χ0n) is 9.85. The van der Waals surface area contributed by atoms with Crippen molar-refractivity contribution in [3.05, 3.63) is 63.3 Å². The Morgan fingerprint density at radius 3 is 2.67 bits per heavy atom. The van der Waals surface area contributed by atoms with Crippen LogP contribution < -0.4 is 0 Å². The Morgan fingerprint density at radius 1 is 1.28 bits per heavy atom. The first-order valence-electron chi connectivity index (χ1n) is 5.63. The van der Waals surface area contributed by atoms with Crippen molar-refractivity contribution in [1.82, 2.24) is 4.98 Å². The van der Waals surface area contributed by atoms with Crippen LogP contribution in [0.2, 0.25) is 5.02 Å². The summed E-state index contributed by atoms with van der Waals surface area (Å²) in [4.78, 5) is 4.27. The van der Waals surface area contributed by atoms with Gasteiger partial charge in [-0.1, -0.05) is 30.7 Å². The Morgan fingerprint density at radius 2 is 2.06 bits per heavy atom. The minimum Gasteiger partial charge on any atom is -0.388 e. The average molecular weight is 327 g/mol. The van der Waals surface area contributed by atoms with E-state index in [2.05, 4.69) is 20.9 Å². The molecule has 0 spiro atoms. The molecule has 0 amide bonds. The van der Waals surface area contributed by atoms with E-state index in [1.165, 1.54) is 0 Å². The van der Waals surface area contributed by atoms with E-state index in [0.29, 0.717) is 5.02 Å². The van der Waals surface area contributed by atoms with E-state index in [1.807, 2.05) is 37.3 Å². The first-order valence-corrected chi connectivity index (χ1v) is 6.80. The van der Waals surface area contributed by atoms with Gasteiger partial charge in [-0.25, -0.2) is 0 Å². The van der Waals surface area contributed by atoms with Gasteiger partial charge in [0, 0.05) is 22.3 Å². The van der Waals surface area contributed by atoms with E-state index in [0.717, 1.165) is 15.7 Å². The summed E-state index contributed by atoms with van der Waals surface area (Å²) < 4.78 is 0.786. The van der Waals surface area contributed by atoms with Crippen molar-refractivity contribution < 1.29 is 5.11 Å². The predicted molar refractivity (Wildman–Crippen MR) is 76.8 cm³/mol. The lowest BCUT2D eigenvalue weighted by molar-refractivity contribution is 0.150. The van der Waals surface area contributed by atoms with E-state index in [4.69, 9.17) is 11.6 Å². The summed E-state index contributed by atoms with van der Waals surface area (Å²) in [7, 11) is 0. The van der Waals surface area contributed by atoms with Gasteiger partial charge in [0.1, 0.15) is 0 Å². The largest absolute Gasteiger partial charge is 0.388 e. The molecule has 0 saturated carbocycles. The summed E-state index contributed by atoms with van der Waals surface area (Å²) >= 11 is 9.30. The number of hydrogen-bond acceptors (Lipinski definition) is 2. The highest BCUT2D eigenvalue weighted by Crippen LogP contribution is 2.32. The molecule has 2 aromatic rings. The highest BCUT2D eigenvalue weighted by Gasteiger charge is 2.19. The number of benzene rings is 1. The molecule has 0 radical (unpaired) electrons. The number of hydrogen-bond donors (Lipinski definition) is 1. The van der Waals surface area contributed by atoms with Crippen LogP contribution in [0, 0.1) is 0 Å². The molecule has 0 bridgehead atoms. The Bertz CT molecular complexity index is 533. The van der Waals surface area contributed by atoms with Crippen molar-refractivity contribution in [2.75, 3.05) is 0 Å². The van der Waals surface area contributed by atoms with Crippen molar-refractivity contribution in [2.24, 2.45) is 0 Å². The van der Waals surface area contributed by atoms with Crippen LogP contribution >= 0.6 is 27.5 Å². The van der Waals surface area contributed by atoms with Gasteiger partial charge in [0.05, 0.1) is 11.1 Å². The summed E-state index contributed by atoms with van der Waals surface area (Å²) in [5.41, 5.74) is 1.69. The molecular formula is C14H13BrClNO. The molecule has 2 atom stereocenters. The van der Waals surface area contributed by atoms with Gasteiger partial charge < -0.3 is 5.11 Å². The fourth-order valence-electron chi connectivity index (χ4n) is 1.79. The second-order valence-electron chi connectivity index (χ2n) is 4.16. The minimum absolute atomic E-state index is 0.0701. The normalized spacial score (nSPS) is 14.2. The number of rotatable bonds is 3. The third-order valence-electron chi connectivity index (χ3n) is 2.91. The molecule has 0 aliphatic heterocycles. The van der Waals surface area contributed by atoms with Crippen LogP contribution in [0.3, 0.4) is 0 Å². The fraction of sp³-hybridized carbons (Fsp3) is 0.214. The number of aromatic nitrogens is 1. The van der Waals surface area contributed by atoms with Gasteiger partial charge in [0.2, 0.25) is 0 Å². The van der Waals surface area contributed by atoms with Crippen molar-refractivity contribution >= 4 is 27.5 Å². The van der Waals surface area contributed by atoms with Crippen molar-refractivity contribution in [3.8, 4) is 0 Å². The van der Waals surface area contributed by atoms with E-state index in [-0.39, 0.29) is 5.92 Å². The third-order valence-corrected chi connectivity index (χ3v) is 4.13. The number of aliphatic hydroxyl groups excluding tert-OH is 1. The SMILES string of the molecule is CC(c1ccccn1)C(O)c1ccc(Cl)c(Br)c1. The molecule has 94 valence electrons. The molecule has 0 aliphatic carbocycles. The van der Waals surface area contributed by atoms with Gasteiger partial charge in [-0.2, -0.15) is 0 Å². The van der Waals surface area contributed by atoms with Gasteiger partial charge >= 0.3 is 0 Å². The first-order chi connectivity index (χ1) is 8.59. The quantitative estimate of drug-likeness (QED) is 0.910. The summed E-state index contributed by atoms with van der Waals surface area (Å²) in [6, 6.07) is 11.1. The molecular weight excluding hydrogens is 314 g/mol. The maximum atomic E-state index is 10.4. The van der Waals surface area contributed by atoms with Crippen LogP contribution in [0.4, 0.5) is 0 Å². The molecule has 0 saturated heterocycles. The van der Waals surface area contributed by atoms with Crippen LogP contribution in [0.15, 0.2) is 47.1 Å². The molecule has 1 heterocycles. The van der Waals surface area contributed by atoms with Crippen molar-refractivity contribution in [3.63, 3.8) is 0 Å². The van der Waals surface area contributed by atoms with Crippen LogP contribution in [0.5, 0.6) is 0 Å². The molecule has 0 aliphatic rings. The smallest absolute Gasteiger partial charge is 0.0871 e. The predicted octanol–water partition coefficient (Wildman–Crippen LogP) is 4.33. The van der Waals surface area contributed by atoms with Crippen LogP contribution in [0.25, 0.3) is 0 Å². The first kappa shape index (κ1) is 13.5. The number of pyridine rings is 1. The van der Waals surface area contributed by atoms with E-state index >= 15 is 0 Å². The number of aliphatic hydroxyl groups is 1. The summed E-state index contributed by atoms with van der Waals surface area (Å²) in [6.45, 7) is 1.95. The van der Waals surface area contributed by atoms with Crippen LogP contribution in [0.1, 0.15) is 30.2 Å². The molecule has 18 heavy (non-hydrogen) atoms. The minimum atomic E-state index is -0.603. The van der Waals surface area contributed by atoms with Gasteiger partial charge in [0.15, 0.2) is 0 Å². The molecule has 1 aromatic heterocycles. The van der Waals surface area contributed by atoms with Gasteiger partial charge in [-0.05, 0) is 45.8 Å². The van der Waals surface area contributed by atoms with E-state index in [1.54, 1.807) is 12.3 Å². The molecule has 2 nitrogen and oxygen atoms in total. The van der Waals surface area contributed by atoms with E-state index in [9.17, 15) is 5.11 Å². The Kier molecular flexibility index (Phi) is 4.38. The summed E-state index contributed by atoms with van der Waals surface area (Å²) in [5.74, 6) is -0.0701. The molecule has 4 heteroatoms. The fourth-order valence-corrected chi connectivity index (χ4v) is 2.31. The van der Waals surface area contributed by atoms with Gasteiger partial charge in [-0.3, -0.25) is 4.98 Å². The highest BCUT2D eigenvalue weighted by molar-refractivity contribution is 9.10. The Hall–Kier alpha value is -0.900.